The topological polar surface area (TPSA) is 57.6 Å². The first kappa shape index (κ1) is 13.5. The van der Waals surface area contributed by atoms with E-state index in [1.54, 1.807) is 31.2 Å². The van der Waals surface area contributed by atoms with Crippen LogP contribution in [0, 0.1) is 0 Å². The summed E-state index contributed by atoms with van der Waals surface area (Å²) in [6.45, 7) is 3.42. The average Bonchev–Trinajstić information content (AvgIpc) is 2.24. The zero-order valence-corrected chi connectivity index (χ0v) is 10.4. The largest absolute Gasteiger partial charge is 0.479 e. The molecular weight excluding hydrogens is 242 g/mol. The minimum atomic E-state index is -1.07. The molecule has 4 nitrogen and oxygen atoms in total. The van der Waals surface area contributed by atoms with Crippen LogP contribution in [0.4, 0.5) is 0 Å². The summed E-state index contributed by atoms with van der Waals surface area (Å²) in [5, 5.41) is 9.68. The van der Waals surface area contributed by atoms with Gasteiger partial charge in [-0.05, 0) is 24.6 Å². The molecule has 5 heteroatoms. The zero-order valence-electron chi connectivity index (χ0n) is 9.68. The number of carbonyl (C=O) groups is 2. The summed E-state index contributed by atoms with van der Waals surface area (Å²) in [6.07, 6.45) is 0. The Balaban J connectivity index is 3.17. The summed E-state index contributed by atoms with van der Waals surface area (Å²) >= 11 is 5.82. The average molecular weight is 256 g/mol. The molecule has 0 saturated carbocycles. The second kappa shape index (κ2) is 5.68. The Morgan fingerprint density at radius 3 is 2.53 bits per heavy atom. The second-order valence-corrected chi connectivity index (χ2v) is 4.04. The van der Waals surface area contributed by atoms with E-state index in [0.29, 0.717) is 17.1 Å². The van der Waals surface area contributed by atoms with Crippen molar-refractivity contribution < 1.29 is 14.7 Å². The molecule has 1 aromatic carbocycles. The number of nitrogens with zero attached hydrogens (tertiary/aromatic N) is 1. The van der Waals surface area contributed by atoms with Gasteiger partial charge < -0.3 is 10.0 Å². The number of carboxylic acid groups (broad SMARTS) is 1. The lowest BCUT2D eigenvalue weighted by molar-refractivity contribution is -0.149. The van der Waals surface area contributed by atoms with Crippen LogP contribution in [0.15, 0.2) is 24.3 Å². The Hall–Kier alpha value is -1.55. The lowest BCUT2D eigenvalue weighted by Crippen LogP contribution is -2.37. The summed E-state index contributed by atoms with van der Waals surface area (Å²) in [6, 6.07) is 5.55. The molecule has 0 aliphatic carbocycles. The molecule has 0 bridgehead atoms. The summed E-state index contributed by atoms with van der Waals surface area (Å²) in [7, 11) is 0. The third-order valence-corrected chi connectivity index (χ3v) is 2.69. The molecule has 17 heavy (non-hydrogen) atoms. The SMILES string of the molecule is CCN(C(C)=O)C(C(=O)O)c1cccc(Cl)c1. The molecule has 1 atom stereocenters. The van der Waals surface area contributed by atoms with Crippen LogP contribution >= 0.6 is 11.6 Å². The maximum absolute atomic E-state index is 11.4. The Labute approximate surface area is 105 Å². The number of aliphatic carboxylic acids is 1. The minimum absolute atomic E-state index is 0.278. The molecule has 1 N–H and O–H groups in total. The van der Waals surface area contributed by atoms with Crippen LogP contribution in [0.5, 0.6) is 0 Å². The van der Waals surface area contributed by atoms with Crippen molar-refractivity contribution in [3.8, 4) is 0 Å². The van der Waals surface area contributed by atoms with Crippen molar-refractivity contribution in [3.05, 3.63) is 34.9 Å². The number of carbonyl (C=O) groups excluding carboxylic acids is 1. The number of benzene rings is 1. The van der Waals surface area contributed by atoms with Gasteiger partial charge in [0, 0.05) is 18.5 Å². The molecule has 0 heterocycles. The van der Waals surface area contributed by atoms with Crippen molar-refractivity contribution in [1.29, 1.82) is 0 Å². The number of likely N-dealkylation sites (N-methyl/N-ethyl adjacent to an activating group) is 1. The highest BCUT2D eigenvalue weighted by atomic mass is 35.5. The Morgan fingerprint density at radius 2 is 2.12 bits per heavy atom. The van der Waals surface area contributed by atoms with Gasteiger partial charge in [-0.1, -0.05) is 23.7 Å². The fourth-order valence-electron chi connectivity index (χ4n) is 1.72. The van der Waals surface area contributed by atoms with Crippen LogP contribution in [-0.2, 0) is 9.59 Å². The number of hydrogen-bond donors (Lipinski definition) is 1. The maximum atomic E-state index is 11.4. The third kappa shape index (κ3) is 3.20. The molecule has 0 spiro atoms. The van der Waals surface area contributed by atoms with E-state index in [9.17, 15) is 14.7 Å². The highest BCUT2D eigenvalue weighted by Gasteiger charge is 2.28. The summed E-state index contributed by atoms with van der Waals surface area (Å²) in [5.41, 5.74) is 0.502. The second-order valence-electron chi connectivity index (χ2n) is 3.60. The monoisotopic (exact) mass is 255 g/mol. The van der Waals surface area contributed by atoms with Gasteiger partial charge in [0.15, 0.2) is 6.04 Å². The van der Waals surface area contributed by atoms with Crippen molar-refractivity contribution >= 4 is 23.5 Å². The molecule has 1 rings (SSSR count). The van der Waals surface area contributed by atoms with E-state index in [0.717, 1.165) is 0 Å². The summed E-state index contributed by atoms with van der Waals surface area (Å²) in [5.74, 6) is -1.34. The first-order valence-corrected chi connectivity index (χ1v) is 5.60. The van der Waals surface area contributed by atoms with Crippen LogP contribution < -0.4 is 0 Å². The molecule has 0 aromatic heterocycles. The molecule has 0 radical (unpaired) electrons. The van der Waals surface area contributed by atoms with E-state index in [2.05, 4.69) is 0 Å². The van der Waals surface area contributed by atoms with Crippen molar-refractivity contribution in [1.82, 2.24) is 4.90 Å². The van der Waals surface area contributed by atoms with Gasteiger partial charge in [0.1, 0.15) is 0 Å². The van der Waals surface area contributed by atoms with Crippen LogP contribution in [-0.4, -0.2) is 28.4 Å². The Morgan fingerprint density at radius 1 is 1.47 bits per heavy atom. The molecule has 0 aliphatic heterocycles. The predicted molar refractivity (Wildman–Crippen MR) is 64.9 cm³/mol. The Kier molecular flexibility index (Phi) is 4.52. The lowest BCUT2D eigenvalue weighted by Gasteiger charge is -2.27. The molecule has 0 fully saturated rings. The molecule has 0 saturated heterocycles. The zero-order chi connectivity index (χ0) is 13.0. The molecule has 1 unspecified atom stereocenters. The number of amides is 1. The molecule has 0 aliphatic rings. The van der Waals surface area contributed by atoms with Gasteiger partial charge in [-0.25, -0.2) is 4.79 Å². The molecular formula is C12H14ClNO3. The highest BCUT2D eigenvalue weighted by molar-refractivity contribution is 6.30. The van der Waals surface area contributed by atoms with Crippen molar-refractivity contribution in [2.75, 3.05) is 6.54 Å². The maximum Gasteiger partial charge on any atom is 0.331 e. The van der Waals surface area contributed by atoms with Gasteiger partial charge >= 0.3 is 5.97 Å². The highest BCUT2D eigenvalue weighted by Crippen LogP contribution is 2.23. The van der Waals surface area contributed by atoms with Gasteiger partial charge in [0.05, 0.1) is 0 Å². The van der Waals surface area contributed by atoms with Gasteiger partial charge in [-0.2, -0.15) is 0 Å². The Bertz CT molecular complexity index is 434. The fourth-order valence-corrected chi connectivity index (χ4v) is 1.92. The van der Waals surface area contributed by atoms with Crippen molar-refractivity contribution in [3.63, 3.8) is 0 Å². The van der Waals surface area contributed by atoms with E-state index >= 15 is 0 Å². The first-order chi connectivity index (χ1) is 7.97. The van der Waals surface area contributed by atoms with Crippen molar-refractivity contribution in [2.24, 2.45) is 0 Å². The molecule has 92 valence electrons. The van der Waals surface area contributed by atoms with Crippen LogP contribution in [0.3, 0.4) is 0 Å². The summed E-state index contributed by atoms with van der Waals surface area (Å²) < 4.78 is 0. The van der Waals surface area contributed by atoms with Crippen LogP contribution in [0.2, 0.25) is 5.02 Å². The first-order valence-electron chi connectivity index (χ1n) is 5.22. The normalized spacial score (nSPS) is 11.9. The number of rotatable bonds is 4. The van der Waals surface area contributed by atoms with E-state index < -0.39 is 12.0 Å². The number of halogens is 1. The quantitative estimate of drug-likeness (QED) is 0.898. The van der Waals surface area contributed by atoms with Crippen molar-refractivity contribution in [2.45, 2.75) is 19.9 Å². The minimum Gasteiger partial charge on any atom is -0.479 e. The molecule has 1 aromatic rings. The van der Waals surface area contributed by atoms with Crippen LogP contribution in [0.1, 0.15) is 25.5 Å². The number of carboxylic acids is 1. The van der Waals surface area contributed by atoms with Gasteiger partial charge in [-0.15, -0.1) is 0 Å². The van der Waals surface area contributed by atoms with E-state index in [-0.39, 0.29) is 5.91 Å². The lowest BCUT2D eigenvalue weighted by atomic mass is 10.1. The predicted octanol–water partition coefficient (Wildman–Crippen LogP) is 2.33. The smallest absolute Gasteiger partial charge is 0.331 e. The number of hydrogen-bond acceptors (Lipinski definition) is 2. The van der Waals surface area contributed by atoms with Gasteiger partial charge in [0.25, 0.3) is 0 Å². The molecule has 1 amide bonds. The van der Waals surface area contributed by atoms with E-state index in [4.69, 9.17) is 11.6 Å². The van der Waals surface area contributed by atoms with E-state index in [1.807, 2.05) is 0 Å². The van der Waals surface area contributed by atoms with Gasteiger partial charge in [-0.3, -0.25) is 4.79 Å². The van der Waals surface area contributed by atoms with E-state index in [1.165, 1.54) is 11.8 Å². The van der Waals surface area contributed by atoms with Crippen LogP contribution in [0.25, 0.3) is 0 Å². The third-order valence-electron chi connectivity index (χ3n) is 2.46. The standard InChI is InChI=1S/C12H14ClNO3/c1-3-14(8(2)15)11(12(16)17)9-5-4-6-10(13)7-9/h4-7,11H,3H2,1-2H3,(H,16,17). The summed E-state index contributed by atoms with van der Waals surface area (Å²) in [4.78, 5) is 24.0. The van der Waals surface area contributed by atoms with Gasteiger partial charge in [0.2, 0.25) is 5.91 Å². The fraction of sp³-hybridized carbons (Fsp3) is 0.333.